The molecule has 0 saturated carbocycles. The van der Waals surface area contributed by atoms with E-state index in [1.165, 1.54) is 29.9 Å². The number of ether oxygens (including phenoxy) is 3. The van der Waals surface area contributed by atoms with Crippen LogP contribution in [0.1, 0.15) is 6.92 Å². The van der Waals surface area contributed by atoms with Gasteiger partial charge >= 0.3 is 5.97 Å². The second-order valence-electron chi connectivity index (χ2n) is 6.71. The first-order valence-electron chi connectivity index (χ1n) is 9.23. The first-order valence-corrected chi connectivity index (χ1v) is 10.0. The van der Waals surface area contributed by atoms with Crippen LogP contribution in [-0.2, 0) is 20.9 Å². The molecule has 11 heteroatoms. The third-order valence-electron chi connectivity index (χ3n) is 4.68. The Morgan fingerprint density at radius 1 is 1.23 bits per heavy atom. The summed E-state index contributed by atoms with van der Waals surface area (Å²) in [6.45, 7) is 1.49. The molecule has 2 atom stereocenters. The molecule has 3 aromatic rings. The van der Waals surface area contributed by atoms with Gasteiger partial charge in [-0.05, 0) is 25.1 Å². The minimum absolute atomic E-state index is 0.105. The number of para-hydroxylation sites is 2. The molecule has 10 nitrogen and oxygen atoms in total. The SMILES string of the molecule is COC(=O)Cn1c(=NC(=O)C2Oc3ccccc3OC2C)sc2cc([N+](=O)[O-])ccc21. The Hall–Kier alpha value is -3.73. The maximum absolute atomic E-state index is 12.9. The Labute approximate surface area is 179 Å². The van der Waals surface area contributed by atoms with Crippen LogP contribution in [-0.4, -0.2) is 40.7 Å². The number of rotatable bonds is 4. The number of nitro groups is 1. The van der Waals surface area contributed by atoms with Gasteiger partial charge in [-0.25, -0.2) is 0 Å². The van der Waals surface area contributed by atoms with Gasteiger partial charge in [0.05, 0.1) is 22.2 Å². The molecule has 2 unspecified atom stereocenters. The molecule has 1 aromatic heterocycles. The summed E-state index contributed by atoms with van der Waals surface area (Å²) in [5.74, 6) is -0.175. The number of carbonyl (C=O) groups excluding carboxylic acids is 2. The largest absolute Gasteiger partial charge is 0.482 e. The van der Waals surface area contributed by atoms with E-state index in [1.54, 1.807) is 31.2 Å². The predicted octanol–water partition coefficient (Wildman–Crippen LogP) is 2.44. The number of hydrogen-bond donors (Lipinski definition) is 0. The molecule has 0 aliphatic carbocycles. The van der Waals surface area contributed by atoms with Crippen LogP contribution in [0.4, 0.5) is 5.69 Å². The summed E-state index contributed by atoms with van der Waals surface area (Å²) in [5, 5.41) is 11.1. The predicted molar refractivity (Wildman–Crippen MR) is 110 cm³/mol. The lowest BCUT2D eigenvalue weighted by atomic mass is 10.1. The number of amides is 1. The Morgan fingerprint density at radius 2 is 1.94 bits per heavy atom. The van der Waals surface area contributed by atoms with E-state index in [0.29, 0.717) is 21.7 Å². The first kappa shape index (κ1) is 20.5. The minimum Gasteiger partial charge on any atom is -0.482 e. The second kappa shape index (κ2) is 8.19. The maximum Gasteiger partial charge on any atom is 0.325 e. The summed E-state index contributed by atoms with van der Waals surface area (Å²) in [5.41, 5.74) is 0.415. The van der Waals surface area contributed by atoms with E-state index >= 15 is 0 Å². The molecule has 0 bridgehead atoms. The van der Waals surface area contributed by atoms with Gasteiger partial charge in [0.15, 0.2) is 16.3 Å². The summed E-state index contributed by atoms with van der Waals surface area (Å²) in [4.78, 5) is 39.8. The van der Waals surface area contributed by atoms with E-state index in [2.05, 4.69) is 4.99 Å². The molecule has 0 radical (unpaired) electrons. The van der Waals surface area contributed by atoms with Crippen molar-refractivity contribution in [2.24, 2.45) is 4.99 Å². The number of carbonyl (C=O) groups is 2. The fourth-order valence-electron chi connectivity index (χ4n) is 3.16. The van der Waals surface area contributed by atoms with Gasteiger partial charge in [-0.15, -0.1) is 0 Å². The highest BCUT2D eigenvalue weighted by atomic mass is 32.1. The third kappa shape index (κ3) is 3.99. The van der Waals surface area contributed by atoms with Crippen LogP contribution in [0.3, 0.4) is 0 Å². The zero-order chi connectivity index (χ0) is 22.1. The summed E-state index contributed by atoms with van der Waals surface area (Å²) >= 11 is 1.05. The lowest BCUT2D eigenvalue weighted by Crippen LogP contribution is -2.43. The number of fused-ring (bicyclic) bond motifs is 2. The van der Waals surface area contributed by atoms with E-state index in [9.17, 15) is 19.7 Å². The Kier molecular flexibility index (Phi) is 5.42. The van der Waals surface area contributed by atoms with Crippen molar-refractivity contribution < 1.29 is 28.7 Å². The normalized spacial score (nSPS) is 18.1. The molecule has 4 rings (SSSR count). The summed E-state index contributed by atoms with van der Waals surface area (Å²) in [7, 11) is 1.25. The Balaban J connectivity index is 1.76. The van der Waals surface area contributed by atoms with E-state index in [0.717, 1.165) is 11.3 Å². The van der Waals surface area contributed by atoms with E-state index in [4.69, 9.17) is 14.2 Å². The fourth-order valence-corrected chi connectivity index (χ4v) is 4.22. The monoisotopic (exact) mass is 443 g/mol. The van der Waals surface area contributed by atoms with Crippen LogP contribution in [0, 0.1) is 10.1 Å². The average Bonchev–Trinajstić information content (AvgIpc) is 3.08. The van der Waals surface area contributed by atoms with Gasteiger partial charge < -0.3 is 18.8 Å². The van der Waals surface area contributed by atoms with Crippen LogP contribution in [0.15, 0.2) is 47.5 Å². The number of benzene rings is 2. The lowest BCUT2D eigenvalue weighted by Gasteiger charge is -2.29. The van der Waals surface area contributed by atoms with Gasteiger partial charge in [0.25, 0.3) is 11.6 Å². The van der Waals surface area contributed by atoms with Crippen molar-refractivity contribution in [2.75, 3.05) is 7.11 Å². The summed E-state index contributed by atoms with van der Waals surface area (Å²) in [6, 6.07) is 11.2. The van der Waals surface area contributed by atoms with Gasteiger partial charge in [0.2, 0.25) is 6.10 Å². The molecule has 0 saturated heterocycles. The number of esters is 1. The number of nitro benzene ring substituents is 1. The molecule has 160 valence electrons. The van der Waals surface area contributed by atoms with Crippen molar-refractivity contribution >= 4 is 39.1 Å². The fraction of sp³-hybridized carbons (Fsp3) is 0.250. The summed E-state index contributed by atoms with van der Waals surface area (Å²) in [6.07, 6.45) is -1.57. The molecule has 0 fully saturated rings. The third-order valence-corrected chi connectivity index (χ3v) is 5.72. The van der Waals surface area contributed by atoms with Gasteiger partial charge in [-0.1, -0.05) is 23.5 Å². The van der Waals surface area contributed by atoms with Crippen molar-refractivity contribution in [1.82, 2.24) is 4.57 Å². The van der Waals surface area contributed by atoms with Crippen LogP contribution in [0.2, 0.25) is 0 Å². The minimum atomic E-state index is -0.985. The smallest absolute Gasteiger partial charge is 0.325 e. The molecule has 31 heavy (non-hydrogen) atoms. The maximum atomic E-state index is 12.9. The van der Waals surface area contributed by atoms with Gasteiger partial charge in [0, 0.05) is 12.1 Å². The van der Waals surface area contributed by atoms with Crippen LogP contribution < -0.4 is 14.3 Å². The molecule has 2 heterocycles. The average molecular weight is 443 g/mol. The molecule has 1 aliphatic heterocycles. The van der Waals surface area contributed by atoms with Crippen LogP contribution in [0.25, 0.3) is 10.2 Å². The number of non-ortho nitro benzene ring substituents is 1. The second-order valence-corrected chi connectivity index (χ2v) is 7.72. The quantitative estimate of drug-likeness (QED) is 0.345. The zero-order valence-electron chi connectivity index (χ0n) is 16.5. The summed E-state index contributed by atoms with van der Waals surface area (Å²) < 4.78 is 18.3. The van der Waals surface area contributed by atoms with E-state index in [1.807, 2.05) is 0 Å². The topological polar surface area (TPSA) is 122 Å². The van der Waals surface area contributed by atoms with Crippen LogP contribution in [0.5, 0.6) is 11.5 Å². The Morgan fingerprint density at radius 3 is 2.61 bits per heavy atom. The number of thiazole rings is 1. The Bertz CT molecular complexity index is 1260. The lowest BCUT2D eigenvalue weighted by molar-refractivity contribution is -0.384. The van der Waals surface area contributed by atoms with Gasteiger partial charge in [0.1, 0.15) is 12.6 Å². The molecular formula is C20H17N3O7S. The van der Waals surface area contributed by atoms with E-state index < -0.39 is 29.0 Å². The van der Waals surface area contributed by atoms with Crippen molar-refractivity contribution in [1.29, 1.82) is 0 Å². The number of methoxy groups -OCH3 is 1. The van der Waals surface area contributed by atoms with Crippen molar-refractivity contribution in [3.63, 3.8) is 0 Å². The standard InChI is InChI=1S/C20H17N3O7S/c1-11-18(30-15-6-4-3-5-14(15)29-11)19(25)21-20-22(10-17(24)28-2)13-8-7-12(23(26)27)9-16(13)31-20/h3-9,11,18H,10H2,1-2H3. The molecule has 0 N–H and O–H groups in total. The zero-order valence-corrected chi connectivity index (χ0v) is 17.3. The van der Waals surface area contributed by atoms with Gasteiger partial charge in [-0.2, -0.15) is 4.99 Å². The van der Waals surface area contributed by atoms with Gasteiger partial charge in [-0.3, -0.25) is 19.7 Å². The molecule has 1 aliphatic rings. The first-order chi connectivity index (χ1) is 14.9. The highest BCUT2D eigenvalue weighted by Gasteiger charge is 2.34. The van der Waals surface area contributed by atoms with Crippen molar-refractivity contribution in [3.05, 3.63) is 57.4 Å². The van der Waals surface area contributed by atoms with Crippen LogP contribution >= 0.6 is 11.3 Å². The number of nitrogens with zero attached hydrogens (tertiary/aromatic N) is 3. The highest BCUT2D eigenvalue weighted by molar-refractivity contribution is 7.16. The highest BCUT2D eigenvalue weighted by Crippen LogP contribution is 2.33. The molecular weight excluding hydrogens is 426 g/mol. The molecule has 1 amide bonds. The number of hydrogen-bond acceptors (Lipinski definition) is 8. The number of aromatic nitrogens is 1. The molecule has 2 aromatic carbocycles. The van der Waals surface area contributed by atoms with Crippen molar-refractivity contribution in [2.45, 2.75) is 25.7 Å². The molecule has 0 spiro atoms. The van der Waals surface area contributed by atoms with E-state index in [-0.39, 0.29) is 17.0 Å². The van der Waals surface area contributed by atoms with Crippen molar-refractivity contribution in [3.8, 4) is 11.5 Å².